The van der Waals surface area contributed by atoms with Crippen molar-refractivity contribution >= 4 is 16.0 Å². The van der Waals surface area contributed by atoms with Gasteiger partial charge in [0.2, 0.25) is 5.84 Å². The molecule has 120 valence electrons. The fourth-order valence-corrected chi connectivity index (χ4v) is 1.54. The number of amidine groups is 1. The zero-order chi connectivity index (χ0) is 16.9. The first-order valence-electron chi connectivity index (χ1n) is 5.81. The Balaban J connectivity index is 0.000000422. The highest BCUT2D eigenvalue weighted by atomic mass is 32.2. The number of imidazole rings is 1. The van der Waals surface area contributed by atoms with E-state index in [4.69, 9.17) is 15.5 Å². The van der Waals surface area contributed by atoms with E-state index in [-0.39, 0.29) is 11.7 Å². The molecule has 22 heavy (non-hydrogen) atoms. The molecule has 2 rings (SSSR count). The van der Waals surface area contributed by atoms with Gasteiger partial charge in [0, 0.05) is 18.8 Å². The molecule has 1 aromatic heterocycles. The van der Waals surface area contributed by atoms with Crippen molar-refractivity contribution in [3.63, 3.8) is 0 Å². The van der Waals surface area contributed by atoms with Crippen molar-refractivity contribution in [1.29, 1.82) is 0 Å². The summed E-state index contributed by atoms with van der Waals surface area (Å²) in [6.07, 6.45) is 2.40. The quantitative estimate of drug-likeness (QED) is 0.246. The fourth-order valence-electron chi connectivity index (χ4n) is 1.54. The third-order valence-electron chi connectivity index (χ3n) is 2.33. The number of benzene rings is 1. The van der Waals surface area contributed by atoms with E-state index in [1.807, 2.05) is 0 Å². The molecule has 0 saturated carbocycles. The zero-order valence-corrected chi connectivity index (χ0v) is 12.6. The van der Waals surface area contributed by atoms with E-state index >= 15 is 0 Å². The number of halogens is 1. The van der Waals surface area contributed by atoms with Crippen molar-refractivity contribution in [2.24, 2.45) is 17.9 Å². The number of nitrogens with zero attached hydrogens (tertiary/aromatic N) is 3. The molecule has 0 aliphatic carbocycles. The summed E-state index contributed by atoms with van der Waals surface area (Å²) >= 11 is 0. The molecule has 2 aromatic rings. The van der Waals surface area contributed by atoms with Gasteiger partial charge in [0.15, 0.2) is 5.82 Å². The lowest BCUT2D eigenvalue weighted by Gasteiger charge is -1.96. The Labute approximate surface area is 126 Å². The summed E-state index contributed by atoms with van der Waals surface area (Å²) < 4.78 is 40.5. The molecular weight excluding hydrogens is 315 g/mol. The third-order valence-corrected chi connectivity index (χ3v) is 2.33. The van der Waals surface area contributed by atoms with Crippen LogP contribution in [0.2, 0.25) is 0 Å². The molecule has 1 heterocycles. The van der Waals surface area contributed by atoms with Crippen LogP contribution < -0.4 is 5.73 Å². The van der Waals surface area contributed by atoms with Gasteiger partial charge in [0.25, 0.3) is 10.1 Å². The number of hydrogen-bond donors (Lipinski definition) is 3. The molecule has 1 aromatic carbocycles. The van der Waals surface area contributed by atoms with Crippen LogP contribution in [0.25, 0.3) is 11.3 Å². The molecule has 0 spiro atoms. The summed E-state index contributed by atoms with van der Waals surface area (Å²) in [5.74, 6) is -0.0968. The second kappa shape index (κ2) is 7.00. The average molecular weight is 330 g/mol. The first kappa shape index (κ1) is 17.6. The van der Waals surface area contributed by atoms with E-state index in [1.165, 1.54) is 12.1 Å². The molecule has 0 amide bonds. The Kier molecular flexibility index (Phi) is 5.60. The minimum atomic E-state index is -3.67. The highest BCUT2D eigenvalue weighted by molar-refractivity contribution is 7.85. The molecule has 0 unspecified atom stereocenters. The van der Waals surface area contributed by atoms with Crippen LogP contribution in [0.5, 0.6) is 0 Å². The average Bonchev–Trinajstić information content (AvgIpc) is 2.78. The maximum atomic E-state index is 13.1. The predicted molar refractivity (Wildman–Crippen MR) is 78.6 cm³/mol. The number of aryl methyl sites for hydroxylation is 1. The number of nitrogens with two attached hydrogens (primary N) is 1. The molecule has 0 bridgehead atoms. The summed E-state index contributed by atoms with van der Waals surface area (Å²) in [5.41, 5.74) is 6.66. The monoisotopic (exact) mass is 330 g/mol. The summed E-state index contributed by atoms with van der Waals surface area (Å²) in [6.45, 7) is 0. The van der Waals surface area contributed by atoms with E-state index in [0.29, 0.717) is 23.3 Å². The number of rotatable bonds is 2. The number of aromatic nitrogens is 2. The molecule has 10 heteroatoms. The third kappa shape index (κ3) is 5.50. The van der Waals surface area contributed by atoms with Gasteiger partial charge in [0.1, 0.15) is 5.82 Å². The summed E-state index contributed by atoms with van der Waals surface area (Å²) in [6, 6.07) is 6.07. The summed E-state index contributed by atoms with van der Waals surface area (Å²) in [4.78, 5) is 4.17. The lowest BCUT2D eigenvalue weighted by atomic mass is 10.2. The molecule has 0 aliphatic heterocycles. The van der Waals surface area contributed by atoms with Gasteiger partial charge >= 0.3 is 0 Å². The van der Waals surface area contributed by atoms with Gasteiger partial charge in [-0.15, -0.1) is 0 Å². The van der Waals surface area contributed by atoms with Gasteiger partial charge in [-0.3, -0.25) is 4.55 Å². The maximum Gasteiger partial charge on any atom is 0.261 e. The van der Waals surface area contributed by atoms with E-state index < -0.39 is 10.1 Å². The lowest BCUT2D eigenvalue weighted by molar-refractivity contribution is 0.318. The van der Waals surface area contributed by atoms with Crippen LogP contribution in [-0.4, -0.2) is 39.8 Å². The normalized spacial score (nSPS) is 11.7. The van der Waals surface area contributed by atoms with Crippen molar-refractivity contribution in [3.8, 4) is 11.3 Å². The van der Waals surface area contributed by atoms with Crippen LogP contribution in [0.4, 0.5) is 4.39 Å². The van der Waals surface area contributed by atoms with E-state index in [9.17, 15) is 12.8 Å². The van der Waals surface area contributed by atoms with Gasteiger partial charge in [-0.25, -0.2) is 9.37 Å². The molecule has 0 aliphatic rings. The van der Waals surface area contributed by atoms with Gasteiger partial charge in [0.05, 0.1) is 11.9 Å². The van der Waals surface area contributed by atoms with Crippen molar-refractivity contribution in [1.82, 2.24) is 9.55 Å². The predicted octanol–water partition coefficient (Wildman–Crippen LogP) is 0.825. The van der Waals surface area contributed by atoms with E-state index in [0.717, 1.165) is 0 Å². The second-order valence-corrected chi connectivity index (χ2v) is 5.76. The topological polar surface area (TPSA) is 131 Å². The highest BCUT2D eigenvalue weighted by Crippen LogP contribution is 2.18. The Bertz CT molecular complexity index is 778. The molecule has 0 saturated heterocycles. The molecule has 4 N–H and O–H groups in total. The molecule has 0 atom stereocenters. The van der Waals surface area contributed by atoms with E-state index in [2.05, 4.69) is 10.1 Å². The number of hydrogen-bond acceptors (Lipinski definition) is 5. The Morgan fingerprint density at radius 1 is 1.45 bits per heavy atom. The van der Waals surface area contributed by atoms with Crippen molar-refractivity contribution < 1.29 is 22.6 Å². The first-order valence-corrected chi connectivity index (χ1v) is 7.66. The van der Waals surface area contributed by atoms with Crippen LogP contribution in [0.3, 0.4) is 0 Å². The van der Waals surface area contributed by atoms with Crippen LogP contribution in [0.1, 0.15) is 5.82 Å². The summed E-state index contributed by atoms with van der Waals surface area (Å²) in [7, 11) is -1.96. The summed E-state index contributed by atoms with van der Waals surface area (Å²) in [5, 5.41) is 11.5. The SMILES string of the molecule is CS(=O)(=O)O.Cn1cc(-c2cccc(F)c2)nc1C(N)=NO. The molecular formula is C12H15FN4O4S. The highest BCUT2D eigenvalue weighted by Gasteiger charge is 2.11. The smallest absolute Gasteiger partial charge is 0.261 e. The van der Waals surface area contributed by atoms with Gasteiger partial charge < -0.3 is 15.5 Å². The Hall–Kier alpha value is -2.46. The lowest BCUT2D eigenvalue weighted by Crippen LogP contribution is -2.18. The van der Waals surface area contributed by atoms with Crippen molar-refractivity contribution in [2.45, 2.75) is 0 Å². The van der Waals surface area contributed by atoms with Crippen LogP contribution in [0.15, 0.2) is 35.6 Å². The molecule has 8 nitrogen and oxygen atoms in total. The maximum absolute atomic E-state index is 13.1. The van der Waals surface area contributed by atoms with Gasteiger partial charge in [-0.2, -0.15) is 8.42 Å². The minimum Gasteiger partial charge on any atom is -0.409 e. The standard InChI is InChI=1S/C11H11FN4O.CH4O3S/c1-16-6-9(14-11(16)10(13)15-17)7-3-2-4-8(12)5-7;1-5(2,3)4/h2-6,17H,1H3,(H2,13,15);1H3,(H,2,3,4). The van der Waals surface area contributed by atoms with Crippen LogP contribution in [-0.2, 0) is 17.2 Å². The Morgan fingerprint density at radius 2 is 2.05 bits per heavy atom. The largest absolute Gasteiger partial charge is 0.409 e. The van der Waals surface area contributed by atoms with Crippen molar-refractivity contribution in [2.75, 3.05) is 6.26 Å². The zero-order valence-electron chi connectivity index (χ0n) is 11.8. The van der Waals surface area contributed by atoms with Crippen LogP contribution >= 0.6 is 0 Å². The van der Waals surface area contributed by atoms with Gasteiger partial charge in [-0.05, 0) is 12.1 Å². The Morgan fingerprint density at radius 3 is 2.55 bits per heavy atom. The second-order valence-electron chi connectivity index (χ2n) is 4.29. The van der Waals surface area contributed by atoms with Crippen LogP contribution in [0, 0.1) is 5.82 Å². The molecule has 0 radical (unpaired) electrons. The van der Waals surface area contributed by atoms with Crippen molar-refractivity contribution in [3.05, 3.63) is 42.1 Å². The fraction of sp³-hybridized carbons (Fsp3) is 0.167. The first-order chi connectivity index (χ1) is 10.1. The van der Waals surface area contributed by atoms with Gasteiger partial charge in [-0.1, -0.05) is 17.3 Å². The van der Waals surface area contributed by atoms with E-state index in [1.54, 1.807) is 29.9 Å². The minimum absolute atomic E-state index is 0.0878. The molecule has 0 fully saturated rings. The number of oxime groups is 1.